The van der Waals surface area contributed by atoms with E-state index >= 15 is 0 Å². The summed E-state index contributed by atoms with van der Waals surface area (Å²) >= 11 is 1.63. The summed E-state index contributed by atoms with van der Waals surface area (Å²) in [4.78, 5) is 12.0. The van der Waals surface area contributed by atoms with E-state index in [4.69, 9.17) is 0 Å². The number of hydrogen-bond acceptors (Lipinski definition) is 3. The standard InChI is InChI=1S/C16H20FN3OS/c1-4-13-15(11-5-7-12(17)8-6-11)16(20(2)19-13)18-14(21)9-10-22-3/h5-8H,4,9-10H2,1-3H3,(H,18,21). The molecule has 2 rings (SSSR count). The lowest BCUT2D eigenvalue weighted by Crippen LogP contribution is -2.15. The molecule has 118 valence electrons. The number of aryl methyl sites for hydroxylation is 2. The van der Waals surface area contributed by atoms with Crippen LogP contribution in [0.3, 0.4) is 0 Å². The number of rotatable bonds is 6. The predicted molar refractivity (Wildman–Crippen MR) is 89.6 cm³/mol. The van der Waals surface area contributed by atoms with Crippen molar-refractivity contribution >= 4 is 23.5 Å². The smallest absolute Gasteiger partial charge is 0.226 e. The first-order valence-corrected chi connectivity index (χ1v) is 8.56. The van der Waals surface area contributed by atoms with Gasteiger partial charge in [0, 0.05) is 24.8 Å². The monoisotopic (exact) mass is 321 g/mol. The molecule has 1 N–H and O–H groups in total. The number of nitrogens with zero attached hydrogens (tertiary/aromatic N) is 2. The fourth-order valence-electron chi connectivity index (χ4n) is 2.28. The van der Waals surface area contributed by atoms with Crippen LogP contribution in [-0.4, -0.2) is 27.7 Å². The molecule has 4 nitrogen and oxygen atoms in total. The SMILES string of the molecule is CCc1nn(C)c(NC(=O)CCSC)c1-c1ccc(F)cc1. The van der Waals surface area contributed by atoms with E-state index in [2.05, 4.69) is 10.4 Å². The van der Waals surface area contributed by atoms with E-state index in [0.29, 0.717) is 12.2 Å². The third-order valence-electron chi connectivity index (χ3n) is 3.38. The number of benzene rings is 1. The predicted octanol–water partition coefficient (Wildman–Crippen LogP) is 3.48. The maximum absolute atomic E-state index is 13.1. The Kier molecular flexibility index (Phi) is 5.60. The number of carbonyl (C=O) groups is 1. The Morgan fingerprint density at radius 2 is 2.05 bits per heavy atom. The zero-order valence-electron chi connectivity index (χ0n) is 13.0. The van der Waals surface area contributed by atoms with Crippen LogP contribution in [0.5, 0.6) is 0 Å². The number of amides is 1. The minimum absolute atomic E-state index is 0.0386. The maximum atomic E-state index is 13.1. The molecular weight excluding hydrogens is 301 g/mol. The molecule has 1 aromatic heterocycles. The average molecular weight is 321 g/mol. The summed E-state index contributed by atoms with van der Waals surface area (Å²) in [7, 11) is 1.80. The minimum Gasteiger partial charge on any atom is -0.310 e. The fourth-order valence-corrected chi connectivity index (χ4v) is 2.67. The van der Waals surface area contributed by atoms with Crippen molar-refractivity contribution in [2.75, 3.05) is 17.3 Å². The molecule has 6 heteroatoms. The van der Waals surface area contributed by atoms with Gasteiger partial charge in [-0.3, -0.25) is 9.48 Å². The van der Waals surface area contributed by atoms with Crippen molar-refractivity contribution in [1.29, 1.82) is 0 Å². The normalized spacial score (nSPS) is 10.7. The number of thioether (sulfide) groups is 1. The largest absolute Gasteiger partial charge is 0.310 e. The summed E-state index contributed by atoms with van der Waals surface area (Å²) in [6.45, 7) is 2.01. The summed E-state index contributed by atoms with van der Waals surface area (Å²) in [5, 5.41) is 7.40. The van der Waals surface area contributed by atoms with Crippen LogP contribution < -0.4 is 5.32 Å². The first kappa shape index (κ1) is 16.5. The van der Waals surface area contributed by atoms with Crippen LogP contribution in [0.1, 0.15) is 19.0 Å². The molecule has 0 saturated carbocycles. The van der Waals surface area contributed by atoms with Crippen molar-refractivity contribution in [1.82, 2.24) is 9.78 Å². The Hall–Kier alpha value is -1.82. The molecule has 0 spiro atoms. The average Bonchev–Trinajstić information content (AvgIpc) is 2.82. The Bertz CT molecular complexity index is 652. The zero-order chi connectivity index (χ0) is 16.1. The highest BCUT2D eigenvalue weighted by Gasteiger charge is 2.18. The van der Waals surface area contributed by atoms with E-state index in [9.17, 15) is 9.18 Å². The van der Waals surface area contributed by atoms with Gasteiger partial charge in [-0.2, -0.15) is 16.9 Å². The van der Waals surface area contributed by atoms with Gasteiger partial charge in [-0.15, -0.1) is 0 Å². The lowest BCUT2D eigenvalue weighted by Gasteiger charge is -2.09. The molecule has 0 fully saturated rings. The molecule has 0 aliphatic carbocycles. The maximum Gasteiger partial charge on any atom is 0.226 e. The van der Waals surface area contributed by atoms with Gasteiger partial charge < -0.3 is 5.32 Å². The van der Waals surface area contributed by atoms with Crippen molar-refractivity contribution in [2.24, 2.45) is 7.05 Å². The van der Waals surface area contributed by atoms with Crippen molar-refractivity contribution in [3.63, 3.8) is 0 Å². The quantitative estimate of drug-likeness (QED) is 0.886. The molecule has 0 unspecified atom stereocenters. The lowest BCUT2D eigenvalue weighted by molar-refractivity contribution is -0.115. The van der Waals surface area contributed by atoms with Crippen molar-refractivity contribution in [3.8, 4) is 11.1 Å². The number of hydrogen-bond donors (Lipinski definition) is 1. The molecular formula is C16H20FN3OS. The van der Waals surface area contributed by atoms with E-state index in [1.165, 1.54) is 12.1 Å². The number of halogens is 1. The van der Waals surface area contributed by atoms with Gasteiger partial charge in [-0.25, -0.2) is 4.39 Å². The number of carbonyl (C=O) groups excluding carboxylic acids is 1. The minimum atomic E-state index is -0.281. The highest BCUT2D eigenvalue weighted by Crippen LogP contribution is 2.32. The van der Waals surface area contributed by atoms with Gasteiger partial charge in [0.2, 0.25) is 5.91 Å². The van der Waals surface area contributed by atoms with E-state index in [1.807, 2.05) is 13.2 Å². The summed E-state index contributed by atoms with van der Waals surface area (Å²) in [6.07, 6.45) is 3.16. The van der Waals surface area contributed by atoms with E-state index in [-0.39, 0.29) is 11.7 Å². The Morgan fingerprint density at radius 1 is 1.36 bits per heavy atom. The second-order valence-electron chi connectivity index (χ2n) is 4.95. The fraction of sp³-hybridized carbons (Fsp3) is 0.375. The summed E-state index contributed by atoms with van der Waals surface area (Å²) in [6, 6.07) is 6.26. The summed E-state index contributed by atoms with van der Waals surface area (Å²) in [5.41, 5.74) is 2.60. The molecule has 22 heavy (non-hydrogen) atoms. The summed E-state index contributed by atoms with van der Waals surface area (Å²) in [5.74, 6) is 1.12. The number of nitrogens with one attached hydrogen (secondary N) is 1. The van der Waals surface area contributed by atoms with Crippen LogP contribution in [0.2, 0.25) is 0 Å². The molecule has 0 radical (unpaired) electrons. The molecule has 1 amide bonds. The van der Waals surface area contributed by atoms with Crippen LogP contribution in [0.4, 0.5) is 10.2 Å². The van der Waals surface area contributed by atoms with Crippen LogP contribution in [-0.2, 0) is 18.3 Å². The van der Waals surface area contributed by atoms with Crippen LogP contribution in [0.15, 0.2) is 24.3 Å². The molecule has 0 atom stereocenters. The lowest BCUT2D eigenvalue weighted by atomic mass is 10.0. The van der Waals surface area contributed by atoms with Gasteiger partial charge >= 0.3 is 0 Å². The molecule has 1 aromatic carbocycles. The Morgan fingerprint density at radius 3 is 2.64 bits per heavy atom. The van der Waals surface area contributed by atoms with Gasteiger partial charge in [-0.05, 0) is 30.4 Å². The number of anilines is 1. The Balaban J connectivity index is 2.38. The van der Waals surface area contributed by atoms with Crippen molar-refractivity contribution in [2.45, 2.75) is 19.8 Å². The second-order valence-corrected chi connectivity index (χ2v) is 5.93. The van der Waals surface area contributed by atoms with E-state index in [0.717, 1.165) is 29.0 Å². The molecule has 2 aromatic rings. The topological polar surface area (TPSA) is 46.9 Å². The molecule has 0 aliphatic rings. The molecule has 1 heterocycles. The van der Waals surface area contributed by atoms with Gasteiger partial charge in [0.1, 0.15) is 11.6 Å². The third kappa shape index (κ3) is 3.68. The van der Waals surface area contributed by atoms with Crippen molar-refractivity contribution < 1.29 is 9.18 Å². The number of aromatic nitrogens is 2. The zero-order valence-corrected chi connectivity index (χ0v) is 13.8. The first-order chi connectivity index (χ1) is 10.6. The highest BCUT2D eigenvalue weighted by molar-refractivity contribution is 7.98. The highest BCUT2D eigenvalue weighted by atomic mass is 32.2. The first-order valence-electron chi connectivity index (χ1n) is 7.17. The third-order valence-corrected chi connectivity index (χ3v) is 3.99. The van der Waals surface area contributed by atoms with Crippen LogP contribution >= 0.6 is 11.8 Å². The van der Waals surface area contributed by atoms with Gasteiger partial charge in [0.05, 0.1) is 5.69 Å². The second kappa shape index (κ2) is 7.45. The van der Waals surface area contributed by atoms with Crippen LogP contribution in [0, 0.1) is 5.82 Å². The molecule has 0 saturated heterocycles. The summed E-state index contributed by atoms with van der Waals surface area (Å²) < 4.78 is 14.8. The molecule has 0 aliphatic heterocycles. The van der Waals surface area contributed by atoms with Crippen LogP contribution in [0.25, 0.3) is 11.1 Å². The van der Waals surface area contributed by atoms with E-state index in [1.54, 1.807) is 35.6 Å². The van der Waals surface area contributed by atoms with Crippen molar-refractivity contribution in [3.05, 3.63) is 35.8 Å². The van der Waals surface area contributed by atoms with E-state index < -0.39 is 0 Å². The van der Waals surface area contributed by atoms with Gasteiger partial charge in [-0.1, -0.05) is 19.1 Å². The Labute approximate surface area is 134 Å². The van der Waals surface area contributed by atoms with Gasteiger partial charge in [0.25, 0.3) is 0 Å². The molecule has 0 bridgehead atoms. The van der Waals surface area contributed by atoms with Gasteiger partial charge in [0.15, 0.2) is 0 Å².